The van der Waals surface area contributed by atoms with E-state index in [4.69, 9.17) is 9.15 Å². The van der Waals surface area contributed by atoms with Crippen molar-refractivity contribution in [2.45, 2.75) is 52.2 Å². The summed E-state index contributed by atoms with van der Waals surface area (Å²) in [5.74, 6) is -1.28. The van der Waals surface area contributed by atoms with Gasteiger partial charge in [-0.3, -0.25) is 4.79 Å². The Labute approximate surface area is 186 Å². The molecule has 0 unspecified atom stereocenters. The maximum absolute atomic E-state index is 12.6. The summed E-state index contributed by atoms with van der Waals surface area (Å²) < 4.78 is 11.2. The third kappa shape index (κ3) is 5.35. The van der Waals surface area contributed by atoms with Crippen LogP contribution in [-0.2, 0) is 22.4 Å². The van der Waals surface area contributed by atoms with Crippen molar-refractivity contribution < 1.29 is 23.8 Å². The van der Waals surface area contributed by atoms with E-state index in [-0.39, 0.29) is 6.42 Å². The lowest BCUT2D eigenvalue weighted by atomic mass is 10.0. The van der Waals surface area contributed by atoms with Gasteiger partial charge in [-0.2, -0.15) is 0 Å². The number of carboxylic acids is 1. The molecule has 3 rings (SSSR count). The summed E-state index contributed by atoms with van der Waals surface area (Å²) in [6.07, 6.45) is 0.850. The van der Waals surface area contributed by atoms with Gasteiger partial charge < -0.3 is 19.6 Å². The minimum absolute atomic E-state index is 0.162. The fraction of sp³-hybridized carbons (Fsp3) is 0.320. The van der Waals surface area contributed by atoms with Crippen molar-refractivity contribution in [3.63, 3.8) is 0 Å². The van der Waals surface area contributed by atoms with Gasteiger partial charge in [-0.05, 0) is 43.5 Å². The molecule has 2 atom stereocenters. The number of amides is 1. The molecule has 2 N–H and O–H groups in total. The fourth-order valence-corrected chi connectivity index (χ4v) is 3.59. The van der Waals surface area contributed by atoms with Crippen LogP contribution in [0.1, 0.15) is 37.0 Å². The molecule has 0 saturated heterocycles. The summed E-state index contributed by atoms with van der Waals surface area (Å²) in [4.78, 5) is 36.3. The molecule has 7 heteroatoms. The van der Waals surface area contributed by atoms with Crippen LogP contribution in [-0.4, -0.2) is 29.1 Å². The Balaban J connectivity index is 1.77. The summed E-state index contributed by atoms with van der Waals surface area (Å²) >= 11 is 0. The Kier molecular flexibility index (Phi) is 7.30. The molecule has 0 saturated carbocycles. The number of aliphatic carboxylic acids is 1. The maximum atomic E-state index is 12.6. The number of benzene rings is 2. The van der Waals surface area contributed by atoms with Crippen LogP contribution in [0.25, 0.3) is 11.0 Å². The molecule has 0 aliphatic carbocycles. The molecule has 1 aromatic heterocycles. The third-order valence-electron chi connectivity index (χ3n) is 5.29. The van der Waals surface area contributed by atoms with E-state index in [1.54, 1.807) is 32.0 Å². The maximum Gasteiger partial charge on any atom is 0.336 e. The van der Waals surface area contributed by atoms with Crippen molar-refractivity contribution in [2.75, 3.05) is 0 Å². The number of carbonyl (C=O) groups excluding carboxylic acids is 1. The van der Waals surface area contributed by atoms with Crippen LogP contribution in [0, 0.1) is 6.92 Å². The molecule has 168 valence electrons. The molecule has 0 bridgehead atoms. The zero-order valence-electron chi connectivity index (χ0n) is 18.4. The van der Waals surface area contributed by atoms with Crippen molar-refractivity contribution in [3.8, 4) is 5.75 Å². The van der Waals surface area contributed by atoms with Gasteiger partial charge in [0.1, 0.15) is 17.4 Å². The van der Waals surface area contributed by atoms with E-state index in [0.29, 0.717) is 16.9 Å². The van der Waals surface area contributed by atoms with Crippen molar-refractivity contribution in [2.24, 2.45) is 0 Å². The standard InChI is InChI=1S/C25H27NO6/c1-4-8-18-14-22(27)32-23-15(2)21(12-11-19(18)23)31-16(3)24(28)26-20(25(29)30)13-17-9-6-5-7-10-17/h5-7,9-12,14,16,20H,4,8,13H2,1-3H3,(H,26,28)(H,29,30)/t16-,20+/m1/s1. The second-order valence-corrected chi connectivity index (χ2v) is 7.76. The van der Waals surface area contributed by atoms with Crippen molar-refractivity contribution in [3.05, 3.63) is 75.6 Å². The van der Waals surface area contributed by atoms with Crippen LogP contribution >= 0.6 is 0 Å². The summed E-state index contributed by atoms with van der Waals surface area (Å²) in [6.45, 7) is 5.34. The Morgan fingerprint density at radius 1 is 1.16 bits per heavy atom. The average molecular weight is 437 g/mol. The SMILES string of the molecule is CCCc1cc(=O)oc2c(C)c(O[C@H](C)C(=O)N[C@@H](Cc3ccccc3)C(=O)O)ccc12. The zero-order valence-corrected chi connectivity index (χ0v) is 18.4. The Hall–Kier alpha value is -3.61. The highest BCUT2D eigenvalue weighted by Gasteiger charge is 2.25. The summed E-state index contributed by atoms with van der Waals surface area (Å²) in [7, 11) is 0. The van der Waals surface area contributed by atoms with E-state index >= 15 is 0 Å². The Morgan fingerprint density at radius 3 is 2.53 bits per heavy atom. The predicted octanol–water partition coefficient (Wildman–Crippen LogP) is 3.63. The molecule has 0 aliphatic heterocycles. The third-order valence-corrected chi connectivity index (χ3v) is 5.29. The molecule has 0 radical (unpaired) electrons. The molecule has 0 aliphatic rings. The quantitative estimate of drug-likeness (QED) is 0.495. The minimum Gasteiger partial charge on any atom is -0.480 e. The lowest BCUT2D eigenvalue weighted by Gasteiger charge is -2.20. The van der Waals surface area contributed by atoms with E-state index in [0.717, 1.165) is 29.4 Å². The number of nitrogens with one attached hydrogen (secondary N) is 1. The molecular weight excluding hydrogens is 410 g/mol. The van der Waals surface area contributed by atoms with Gasteiger partial charge in [0, 0.05) is 23.4 Å². The average Bonchev–Trinajstić information content (AvgIpc) is 2.76. The highest BCUT2D eigenvalue weighted by molar-refractivity contribution is 5.87. The van der Waals surface area contributed by atoms with Gasteiger partial charge in [-0.25, -0.2) is 9.59 Å². The van der Waals surface area contributed by atoms with Crippen LogP contribution < -0.4 is 15.7 Å². The van der Waals surface area contributed by atoms with E-state index in [9.17, 15) is 19.5 Å². The van der Waals surface area contributed by atoms with Crippen molar-refractivity contribution >= 4 is 22.8 Å². The van der Waals surface area contributed by atoms with E-state index in [1.165, 1.54) is 6.07 Å². The summed E-state index contributed by atoms with van der Waals surface area (Å²) in [5, 5.41) is 12.9. The number of aryl methyl sites for hydroxylation is 2. The topological polar surface area (TPSA) is 106 Å². The molecule has 1 heterocycles. The van der Waals surface area contributed by atoms with Gasteiger partial charge in [0.25, 0.3) is 5.91 Å². The van der Waals surface area contributed by atoms with Gasteiger partial charge in [-0.15, -0.1) is 0 Å². The molecule has 3 aromatic rings. The van der Waals surface area contributed by atoms with Crippen LogP contribution in [0.4, 0.5) is 0 Å². The normalized spacial score (nSPS) is 12.8. The number of hydrogen-bond donors (Lipinski definition) is 2. The van der Waals surface area contributed by atoms with E-state index in [2.05, 4.69) is 5.32 Å². The number of fused-ring (bicyclic) bond motifs is 1. The molecule has 1 amide bonds. The summed E-state index contributed by atoms with van der Waals surface area (Å²) in [5.41, 5.74) is 2.31. The lowest BCUT2D eigenvalue weighted by Crippen LogP contribution is -2.47. The first-order valence-corrected chi connectivity index (χ1v) is 10.6. The molecule has 2 aromatic carbocycles. The number of hydrogen-bond acceptors (Lipinski definition) is 5. The van der Waals surface area contributed by atoms with Crippen LogP contribution in [0.2, 0.25) is 0 Å². The van der Waals surface area contributed by atoms with Crippen molar-refractivity contribution in [1.29, 1.82) is 0 Å². The van der Waals surface area contributed by atoms with Gasteiger partial charge in [-0.1, -0.05) is 43.7 Å². The molecule has 0 fully saturated rings. The molecular formula is C25H27NO6. The first kappa shape index (κ1) is 23.1. The number of carboxylic acid groups (broad SMARTS) is 1. The predicted molar refractivity (Wildman–Crippen MR) is 121 cm³/mol. The number of ether oxygens (including phenoxy) is 1. The van der Waals surface area contributed by atoms with E-state index in [1.807, 2.05) is 31.2 Å². The Bertz CT molecular complexity index is 1170. The zero-order chi connectivity index (χ0) is 23.3. The largest absolute Gasteiger partial charge is 0.480 e. The summed E-state index contributed by atoms with van der Waals surface area (Å²) in [6, 6.07) is 13.0. The highest BCUT2D eigenvalue weighted by atomic mass is 16.5. The molecule has 32 heavy (non-hydrogen) atoms. The molecule has 7 nitrogen and oxygen atoms in total. The monoisotopic (exact) mass is 437 g/mol. The van der Waals surface area contributed by atoms with Gasteiger partial charge in [0.05, 0.1) is 0 Å². The second-order valence-electron chi connectivity index (χ2n) is 7.76. The molecule has 0 spiro atoms. The first-order chi connectivity index (χ1) is 15.3. The first-order valence-electron chi connectivity index (χ1n) is 10.6. The van der Waals surface area contributed by atoms with Crippen LogP contribution in [0.15, 0.2) is 57.7 Å². The second kappa shape index (κ2) is 10.1. The van der Waals surface area contributed by atoms with Crippen LogP contribution in [0.3, 0.4) is 0 Å². The van der Waals surface area contributed by atoms with Gasteiger partial charge in [0.2, 0.25) is 0 Å². The lowest BCUT2D eigenvalue weighted by molar-refractivity contribution is -0.142. The fourth-order valence-electron chi connectivity index (χ4n) is 3.59. The van der Waals surface area contributed by atoms with Crippen LogP contribution in [0.5, 0.6) is 5.75 Å². The smallest absolute Gasteiger partial charge is 0.336 e. The minimum atomic E-state index is -1.12. The highest BCUT2D eigenvalue weighted by Crippen LogP contribution is 2.29. The van der Waals surface area contributed by atoms with Crippen molar-refractivity contribution in [1.82, 2.24) is 5.32 Å². The van der Waals surface area contributed by atoms with E-state index < -0.39 is 29.6 Å². The van der Waals surface area contributed by atoms with Gasteiger partial charge in [0.15, 0.2) is 6.10 Å². The number of carbonyl (C=O) groups is 2. The van der Waals surface area contributed by atoms with Gasteiger partial charge >= 0.3 is 11.6 Å². The Morgan fingerprint density at radius 2 is 1.88 bits per heavy atom. The number of rotatable bonds is 9.